The van der Waals surface area contributed by atoms with Gasteiger partial charge >= 0.3 is 0 Å². The molecule has 18 heavy (non-hydrogen) atoms. The van der Waals surface area contributed by atoms with Crippen LogP contribution in [-0.2, 0) is 6.61 Å². The maximum atomic E-state index is 12.3. The minimum Gasteiger partial charge on any atom is -0.392 e. The van der Waals surface area contributed by atoms with Crippen molar-refractivity contribution in [2.75, 3.05) is 6.54 Å². The van der Waals surface area contributed by atoms with E-state index in [2.05, 4.69) is 4.98 Å². The molecule has 0 saturated heterocycles. The summed E-state index contributed by atoms with van der Waals surface area (Å²) in [6.07, 6.45) is 7.11. The molecule has 1 aliphatic rings. The van der Waals surface area contributed by atoms with E-state index in [-0.39, 0.29) is 33.9 Å². The number of rotatable bonds is 2. The lowest BCUT2D eigenvalue weighted by molar-refractivity contribution is 0.0830. The van der Waals surface area contributed by atoms with Gasteiger partial charge in [-0.2, -0.15) is 0 Å². The quantitative estimate of drug-likeness (QED) is 0.849. The molecule has 1 N–H and O–H groups in total. The van der Waals surface area contributed by atoms with Crippen LogP contribution in [0.4, 0.5) is 0 Å². The summed E-state index contributed by atoms with van der Waals surface area (Å²) in [5.41, 5.74) is 0.552. The average molecular weight is 285 g/mol. The standard InChI is InChI=1S/C12H10Cl2N2O2/c13-10-6-8(9(7-17)11(14)15-10)12(18)16-4-2-1-3-5-16/h1-4,6,17H,5,7H2. The summed E-state index contributed by atoms with van der Waals surface area (Å²) in [5.74, 6) is -0.272. The molecule has 0 bridgehead atoms. The summed E-state index contributed by atoms with van der Waals surface area (Å²) >= 11 is 11.6. The first-order chi connectivity index (χ1) is 8.63. The Hall–Kier alpha value is -1.36. The summed E-state index contributed by atoms with van der Waals surface area (Å²) < 4.78 is 0. The molecule has 0 aromatic carbocycles. The van der Waals surface area contributed by atoms with Crippen LogP contribution in [0.25, 0.3) is 0 Å². The third-order valence-corrected chi connectivity index (χ3v) is 3.01. The van der Waals surface area contributed by atoms with Crippen molar-refractivity contribution in [2.45, 2.75) is 6.61 Å². The highest BCUT2D eigenvalue weighted by Gasteiger charge is 2.20. The summed E-state index contributed by atoms with van der Waals surface area (Å²) in [4.78, 5) is 17.6. The number of amides is 1. The van der Waals surface area contributed by atoms with Crippen molar-refractivity contribution < 1.29 is 9.90 Å². The minimum absolute atomic E-state index is 0.0462. The zero-order chi connectivity index (χ0) is 13.1. The van der Waals surface area contributed by atoms with Gasteiger partial charge in [-0.1, -0.05) is 35.4 Å². The zero-order valence-corrected chi connectivity index (χ0v) is 10.8. The number of carbonyl (C=O) groups is 1. The molecule has 1 aliphatic heterocycles. The Morgan fingerprint density at radius 2 is 2.22 bits per heavy atom. The summed E-state index contributed by atoms with van der Waals surface area (Å²) in [6, 6.07) is 1.41. The molecule has 0 saturated carbocycles. The highest BCUT2D eigenvalue weighted by molar-refractivity contribution is 6.33. The molecular formula is C12H10Cl2N2O2. The summed E-state index contributed by atoms with van der Waals surface area (Å²) in [7, 11) is 0. The number of carbonyl (C=O) groups excluding carboxylic acids is 1. The van der Waals surface area contributed by atoms with Gasteiger partial charge in [0.05, 0.1) is 12.2 Å². The Bertz CT molecular complexity index is 541. The lowest BCUT2D eigenvalue weighted by atomic mass is 10.1. The van der Waals surface area contributed by atoms with Gasteiger partial charge in [0.1, 0.15) is 10.3 Å². The maximum Gasteiger partial charge on any atom is 0.258 e. The molecule has 0 spiro atoms. The normalized spacial score (nSPS) is 14.1. The van der Waals surface area contributed by atoms with E-state index >= 15 is 0 Å². The molecule has 1 aromatic heterocycles. The third-order valence-electron chi connectivity index (χ3n) is 2.51. The smallest absolute Gasteiger partial charge is 0.258 e. The van der Waals surface area contributed by atoms with Crippen molar-refractivity contribution in [2.24, 2.45) is 0 Å². The van der Waals surface area contributed by atoms with Crippen LogP contribution < -0.4 is 0 Å². The Morgan fingerprint density at radius 3 is 2.83 bits per heavy atom. The van der Waals surface area contributed by atoms with Crippen LogP contribution in [0.1, 0.15) is 15.9 Å². The largest absolute Gasteiger partial charge is 0.392 e. The molecule has 0 atom stereocenters. The second kappa shape index (κ2) is 5.52. The van der Waals surface area contributed by atoms with Crippen molar-refractivity contribution in [1.82, 2.24) is 9.88 Å². The number of pyridine rings is 1. The zero-order valence-electron chi connectivity index (χ0n) is 9.31. The topological polar surface area (TPSA) is 53.4 Å². The second-order valence-electron chi connectivity index (χ2n) is 3.65. The van der Waals surface area contributed by atoms with Gasteiger partial charge in [-0.3, -0.25) is 4.79 Å². The van der Waals surface area contributed by atoms with Gasteiger partial charge in [-0.15, -0.1) is 0 Å². The Labute approximate surface area is 114 Å². The van der Waals surface area contributed by atoms with E-state index in [1.54, 1.807) is 12.3 Å². The first-order valence-corrected chi connectivity index (χ1v) is 5.99. The summed E-state index contributed by atoms with van der Waals surface area (Å²) in [6.45, 7) is 0.106. The molecule has 0 radical (unpaired) electrons. The lowest BCUT2D eigenvalue weighted by Crippen LogP contribution is -2.28. The van der Waals surface area contributed by atoms with Crippen molar-refractivity contribution in [3.05, 3.63) is 51.9 Å². The lowest BCUT2D eigenvalue weighted by Gasteiger charge is -2.20. The molecule has 6 heteroatoms. The SMILES string of the molecule is O=C(c1cc(Cl)nc(Cl)c1CO)N1C=CC=CC1. The van der Waals surface area contributed by atoms with Gasteiger partial charge in [0.15, 0.2) is 0 Å². The van der Waals surface area contributed by atoms with E-state index in [1.807, 2.05) is 12.2 Å². The number of allylic oxidation sites excluding steroid dienone is 2. The van der Waals surface area contributed by atoms with Crippen LogP contribution >= 0.6 is 23.2 Å². The first-order valence-electron chi connectivity index (χ1n) is 5.23. The molecule has 94 valence electrons. The van der Waals surface area contributed by atoms with Crippen LogP contribution in [0.5, 0.6) is 0 Å². The van der Waals surface area contributed by atoms with Gasteiger partial charge in [-0.05, 0) is 12.1 Å². The number of hydrogen-bond donors (Lipinski definition) is 1. The average Bonchev–Trinajstić information content (AvgIpc) is 2.38. The number of hydrogen-bond acceptors (Lipinski definition) is 3. The molecule has 0 fully saturated rings. The molecule has 1 aromatic rings. The predicted molar refractivity (Wildman–Crippen MR) is 69.5 cm³/mol. The van der Waals surface area contributed by atoms with Crippen molar-refractivity contribution in [3.63, 3.8) is 0 Å². The van der Waals surface area contributed by atoms with Gasteiger partial charge in [-0.25, -0.2) is 4.98 Å². The Morgan fingerprint density at radius 1 is 1.44 bits per heavy atom. The van der Waals surface area contributed by atoms with E-state index in [1.165, 1.54) is 11.0 Å². The Balaban J connectivity index is 2.40. The highest BCUT2D eigenvalue weighted by atomic mass is 35.5. The molecule has 2 heterocycles. The number of halogens is 2. The fourth-order valence-corrected chi connectivity index (χ4v) is 2.11. The van der Waals surface area contributed by atoms with Gasteiger partial charge < -0.3 is 10.0 Å². The predicted octanol–water partition coefficient (Wildman–Crippen LogP) is 2.41. The number of aromatic nitrogens is 1. The van der Waals surface area contributed by atoms with E-state index in [0.29, 0.717) is 6.54 Å². The van der Waals surface area contributed by atoms with E-state index in [0.717, 1.165) is 0 Å². The Kier molecular flexibility index (Phi) is 4.01. The van der Waals surface area contributed by atoms with Crippen molar-refractivity contribution in [3.8, 4) is 0 Å². The van der Waals surface area contributed by atoms with Crippen LogP contribution in [0.2, 0.25) is 10.3 Å². The molecule has 2 rings (SSSR count). The van der Waals surface area contributed by atoms with Crippen molar-refractivity contribution >= 4 is 29.1 Å². The molecule has 1 amide bonds. The van der Waals surface area contributed by atoms with Crippen LogP contribution in [0, 0.1) is 0 Å². The fraction of sp³-hybridized carbons (Fsp3) is 0.167. The molecule has 0 aliphatic carbocycles. The summed E-state index contributed by atoms with van der Waals surface area (Å²) in [5, 5.41) is 9.44. The second-order valence-corrected chi connectivity index (χ2v) is 4.39. The van der Waals surface area contributed by atoms with Crippen molar-refractivity contribution in [1.29, 1.82) is 0 Å². The maximum absolute atomic E-state index is 12.3. The van der Waals surface area contributed by atoms with Crippen LogP contribution in [0.15, 0.2) is 30.5 Å². The van der Waals surface area contributed by atoms with Crippen LogP contribution in [-0.4, -0.2) is 27.4 Å². The van der Waals surface area contributed by atoms with E-state index in [4.69, 9.17) is 23.2 Å². The molecular weight excluding hydrogens is 275 g/mol. The molecule has 0 unspecified atom stereocenters. The third kappa shape index (κ3) is 2.56. The van der Waals surface area contributed by atoms with E-state index in [9.17, 15) is 9.90 Å². The number of nitrogens with zero attached hydrogens (tertiary/aromatic N) is 2. The first kappa shape index (κ1) is 13.1. The van der Waals surface area contributed by atoms with E-state index < -0.39 is 0 Å². The van der Waals surface area contributed by atoms with Crippen LogP contribution in [0.3, 0.4) is 0 Å². The molecule has 4 nitrogen and oxygen atoms in total. The number of aliphatic hydroxyl groups excluding tert-OH is 1. The van der Waals surface area contributed by atoms with Gasteiger partial charge in [0.25, 0.3) is 5.91 Å². The minimum atomic E-state index is -0.364. The highest BCUT2D eigenvalue weighted by Crippen LogP contribution is 2.23. The number of aliphatic hydroxyl groups is 1. The fourth-order valence-electron chi connectivity index (χ4n) is 1.62. The van der Waals surface area contributed by atoms with Gasteiger partial charge in [0.2, 0.25) is 0 Å². The van der Waals surface area contributed by atoms with Gasteiger partial charge in [0, 0.05) is 18.3 Å². The monoisotopic (exact) mass is 284 g/mol.